The molecule has 1 amide bonds. The number of carbonyl (C=O) groups is 1. The first-order valence-electron chi connectivity index (χ1n) is 7.36. The van der Waals surface area contributed by atoms with Gasteiger partial charge >= 0.3 is 0 Å². The Labute approximate surface area is 133 Å². The van der Waals surface area contributed by atoms with E-state index in [4.69, 9.17) is 0 Å². The standard InChI is InChI=1S/C15H19N5OS/c21-14(19-15-17-6-8-22-15)11-20-7-4-12(10-20)9-18-13-3-1-2-5-16-13/h1-3,5-6,8,12H,4,7,9-11H2,(H,16,18)(H,17,19,21)/t12-/m0/s1. The van der Waals surface area contributed by atoms with Gasteiger partial charge in [-0.3, -0.25) is 9.69 Å². The molecular formula is C15H19N5OS. The van der Waals surface area contributed by atoms with E-state index in [-0.39, 0.29) is 5.91 Å². The van der Waals surface area contributed by atoms with Gasteiger partial charge in [-0.1, -0.05) is 6.07 Å². The molecule has 0 unspecified atom stereocenters. The molecule has 0 radical (unpaired) electrons. The summed E-state index contributed by atoms with van der Waals surface area (Å²) in [5, 5.41) is 8.69. The van der Waals surface area contributed by atoms with Gasteiger partial charge in [-0.2, -0.15) is 0 Å². The number of anilines is 2. The van der Waals surface area contributed by atoms with E-state index in [1.807, 2.05) is 23.6 Å². The first-order chi connectivity index (χ1) is 10.8. The van der Waals surface area contributed by atoms with Gasteiger partial charge in [0.25, 0.3) is 0 Å². The molecule has 1 aliphatic rings. The molecule has 0 aromatic carbocycles. The molecule has 116 valence electrons. The first kappa shape index (κ1) is 14.9. The summed E-state index contributed by atoms with van der Waals surface area (Å²) in [6.45, 7) is 3.21. The first-order valence-corrected chi connectivity index (χ1v) is 8.24. The zero-order valence-electron chi connectivity index (χ0n) is 12.2. The van der Waals surface area contributed by atoms with Gasteiger partial charge < -0.3 is 10.6 Å². The smallest absolute Gasteiger partial charge is 0.240 e. The summed E-state index contributed by atoms with van der Waals surface area (Å²) < 4.78 is 0. The van der Waals surface area contributed by atoms with Crippen molar-refractivity contribution in [2.75, 3.05) is 36.8 Å². The minimum Gasteiger partial charge on any atom is -0.370 e. The number of nitrogens with zero attached hydrogens (tertiary/aromatic N) is 3. The van der Waals surface area contributed by atoms with Crippen molar-refractivity contribution in [2.24, 2.45) is 5.92 Å². The molecule has 1 atom stereocenters. The van der Waals surface area contributed by atoms with Crippen molar-refractivity contribution in [2.45, 2.75) is 6.42 Å². The zero-order valence-corrected chi connectivity index (χ0v) is 13.1. The van der Waals surface area contributed by atoms with Gasteiger partial charge in [0, 0.05) is 30.9 Å². The monoisotopic (exact) mass is 317 g/mol. The molecule has 3 rings (SSSR count). The minimum atomic E-state index is 0.00767. The van der Waals surface area contributed by atoms with E-state index in [0.717, 1.165) is 31.9 Å². The van der Waals surface area contributed by atoms with Gasteiger partial charge in [-0.15, -0.1) is 11.3 Å². The number of rotatable bonds is 6. The number of likely N-dealkylation sites (tertiary alicyclic amines) is 1. The van der Waals surface area contributed by atoms with Crippen molar-refractivity contribution < 1.29 is 4.79 Å². The molecule has 1 saturated heterocycles. The molecule has 2 N–H and O–H groups in total. The molecule has 0 bridgehead atoms. The third-order valence-electron chi connectivity index (χ3n) is 3.65. The molecule has 0 aliphatic carbocycles. The summed E-state index contributed by atoms with van der Waals surface area (Å²) in [6, 6.07) is 5.84. The predicted octanol–water partition coefficient (Wildman–Crippen LogP) is 1.91. The van der Waals surface area contributed by atoms with Gasteiger partial charge in [0.15, 0.2) is 5.13 Å². The van der Waals surface area contributed by atoms with E-state index in [1.54, 1.807) is 12.4 Å². The van der Waals surface area contributed by atoms with Crippen molar-refractivity contribution in [3.63, 3.8) is 0 Å². The Morgan fingerprint density at radius 2 is 2.32 bits per heavy atom. The maximum atomic E-state index is 11.9. The van der Waals surface area contributed by atoms with E-state index in [0.29, 0.717) is 17.6 Å². The van der Waals surface area contributed by atoms with Crippen LogP contribution < -0.4 is 10.6 Å². The minimum absolute atomic E-state index is 0.00767. The number of amides is 1. The van der Waals surface area contributed by atoms with Crippen LogP contribution in [-0.4, -0.2) is 47.0 Å². The van der Waals surface area contributed by atoms with Crippen LogP contribution in [0.15, 0.2) is 36.0 Å². The molecule has 1 aliphatic heterocycles. The molecule has 7 heteroatoms. The third-order valence-corrected chi connectivity index (χ3v) is 4.34. The quantitative estimate of drug-likeness (QED) is 0.852. The lowest BCUT2D eigenvalue weighted by Crippen LogP contribution is -2.32. The topological polar surface area (TPSA) is 70.2 Å². The second-order valence-electron chi connectivity index (χ2n) is 5.37. The normalized spacial score (nSPS) is 18.3. The fourth-order valence-corrected chi connectivity index (χ4v) is 3.13. The average Bonchev–Trinajstić information content (AvgIpc) is 3.18. The lowest BCUT2D eigenvalue weighted by atomic mass is 10.1. The molecule has 6 nitrogen and oxygen atoms in total. The number of pyridine rings is 1. The van der Waals surface area contributed by atoms with Crippen LogP contribution in [0.2, 0.25) is 0 Å². The SMILES string of the molecule is O=C(CN1CC[C@@H](CNc2ccccn2)C1)Nc1nccs1. The second kappa shape index (κ2) is 7.33. The Bertz CT molecular complexity index is 589. The number of carbonyl (C=O) groups excluding carboxylic acids is 1. The van der Waals surface area contributed by atoms with Crippen LogP contribution in [0.4, 0.5) is 10.9 Å². The van der Waals surface area contributed by atoms with E-state index in [1.165, 1.54) is 11.3 Å². The van der Waals surface area contributed by atoms with Crippen LogP contribution in [0.1, 0.15) is 6.42 Å². The van der Waals surface area contributed by atoms with Crippen molar-refractivity contribution >= 4 is 28.2 Å². The van der Waals surface area contributed by atoms with Crippen molar-refractivity contribution in [3.05, 3.63) is 36.0 Å². The summed E-state index contributed by atoms with van der Waals surface area (Å²) in [7, 11) is 0. The van der Waals surface area contributed by atoms with Gasteiger partial charge in [0.05, 0.1) is 6.54 Å². The van der Waals surface area contributed by atoms with Crippen molar-refractivity contribution in [1.29, 1.82) is 0 Å². The highest BCUT2D eigenvalue weighted by atomic mass is 32.1. The number of hydrogen-bond acceptors (Lipinski definition) is 6. The van der Waals surface area contributed by atoms with Gasteiger partial charge in [0.2, 0.25) is 5.91 Å². The van der Waals surface area contributed by atoms with Crippen molar-refractivity contribution in [1.82, 2.24) is 14.9 Å². The highest BCUT2D eigenvalue weighted by Gasteiger charge is 2.24. The molecule has 22 heavy (non-hydrogen) atoms. The Balaban J connectivity index is 1.39. The van der Waals surface area contributed by atoms with Crippen LogP contribution in [0, 0.1) is 5.92 Å². The number of nitrogens with one attached hydrogen (secondary N) is 2. The second-order valence-corrected chi connectivity index (χ2v) is 6.27. The van der Waals surface area contributed by atoms with Crippen LogP contribution in [-0.2, 0) is 4.79 Å². The Hall–Kier alpha value is -1.99. The highest BCUT2D eigenvalue weighted by molar-refractivity contribution is 7.13. The maximum Gasteiger partial charge on any atom is 0.240 e. The molecule has 2 aromatic rings. The summed E-state index contributed by atoms with van der Waals surface area (Å²) in [5.74, 6) is 1.46. The molecule has 0 saturated carbocycles. The third kappa shape index (κ3) is 4.25. The van der Waals surface area contributed by atoms with Crippen molar-refractivity contribution in [3.8, 4) is 0 Å². The lowest BCUT2D eigenvalue weighted by Gasteiger charge is -2.15. The molecule has 3 heterocycles. The Kier molecular flexibility index (Phi) is 4.97. The fourth-order valence-electron chi connectivity index (χ4n) is 2.59. The van der Waals surface area contributed by atoms with Crippen LogP contribution in [0.3, 0.4) is 0 Å². The predicted molar refractivity (Wildman–Crippen MR) is 88.0 cm³/mol. The molecular weight excluding hydrogens is 298 g/mol. The Morgan fingerprint density at radius 3 is 3.09 bits per heavy atom. The summed E-state index contributed by atoms with van der Waals surface area (Å²) >= 11 is 1.44. The van der Waals surface area contributed by atoms with Gasteiger partial charge in [0.1, 0.15) is 5.82 Å². The summed E-state index contributed by atoms with van der Waals surface area (Å²) in [4.78, 5) is 22.4. The van der Waals surface area contributed by atoms with E-state index < -0.39 is 0 Å². The van der Waals surface area contributed by atoms with E-state index in [2.05, 4.69) is 25.5 Å². The van der Waals surface area contributed by atoms with E-state index >= 15 is 0 Å². The van der Waals surface area contributed by atoms with Gasteiger partial charge in [-0.25, -0.2) is 9.97 Å². The number of aromatic nitrogens is 2. The molecule has 2 aromatic heterocycles. The van der Waals surface area contributed by atoms with Crippen LogP contribution in [0.5, 0.6) is 0 Å². The number of hydrogen-bond donors (Lipinski definition) is 2. The summed E-state index contributed by atoms with van der Waals surface area (Å²) in [5.41, 5.74) is 0. The fraction of sp³-hybridized carbons (Fsp3) is 0.400. The molecule has 0 spiro atoms. The lowest BCUT2D eigenvalue weighted by molar-refractivity contribution is -0.117. The summed E-state index contributed by atoms with van der Waals surface area (Å²) in [6.07, 6.45) is 4.58. The average molecular weight is 317 g/mol. The number of thiazole rings is 1. The zero-order chi connectivity index (χ0) is 15.2. The van der Waals surface area contributed by atoms with Crippen LogP contribution >= 0.6 is 11.3 Å². The van der Waals surface area contributed by atoms with E-state index in [9.17, 15) is 4.79 Å². The van der Waals surface area contributed by atoms with Gasteiger partial charge in [-0.05, 0) is 31.0 Å². The Morgan fingerprint density at radius 1 is 1.36 bits per heavy atom. The highest BCUT2D eigenvalue weighted by Crippen LogP contribution is 2.17. The molecule has 1 fully saturated rings. The maximum absolute atomic E-state index is 11.9. The largest absolute Gasteiger partial charge is 0.370 e. The van der Waals surface area contributed by atoms with Crippen LogP contribution in [0.25, 0.3) is 0 Å².